The van der Waals surface area contributed by atoms with E-state index < -0.39 is 57.7 Å². The predicted octanol–water partition coefficient (Wildman–Crippen LogP) is 5.00. The number of phosphoric acid groups is 1. The minimum atomic E-state index is -4.73. The SMILES string of the molecule is CCCCCCCC/C=C\CCCCCCCC(=O)OC[C@H](COP(=O)(O)OC[C@H](N)C(=O)O)OC(=O)CCC=O. The third-order valence-electron chi connectivity index (χ3n) is 6.00. The van der Waals surface area contributed by atoms with E-state index in [1.165, 1.54) is 38.5 Å². The molecular weight excluding hydrogens is 557 g/mol. The first kappa shape index (κ1) is 38.9. The van der Waals surface area contributed by atoms with Crippen molar-refractivity contribution < 1.29 is 52.3 Å². The maximum atomic E-state index is 12.1. The van der Waals surface area contributed by atoms with E-state index in [0.717, 1.165) is 38.5 Å². The van der Waals surface area contributed by atoms with Crippen LogP contribution in [0, 0.1) is 0 Å². The number of nitrogens with two attached hydrogens (primary N) is 1. The molecule has 0 aliphatic carbocycles. The zero-order valence-electron chi connectivity index (χ0n) is 24.4. The van der Waals surface area contributed by atoms with Gasteiger partial charge in [0.05, 0.1) is 19.6 Å². The summed E-state index contributed by atoms with van der Waals surface area (Å²) >= 11 is 0. The fourth-order valence-corrected chi connectivity index (χ4v) is 4.37. The van der Waals surface area contributed by atoms with Gasteiger partial charge in [-0.1, -0.05) is 70.4 Å². The average Bonchev–Trinajstić information content (AvgIpc) is 2.94. The van der Waals surface area contributed by atoms with Gasteiger partial charge in [-0.25, -0.2) is 4.57 Å². The number of hydrogen-bond donors (Lipinski definition) is 3. The number of phosphoric ester groups is 1. The number of aliphatic carboxylic acids is 1. The van der Waals surface area contributed by atoms with Gasteiger partial charge in [-0.3, -0.25) is 23.4 Å². The Morgan fingerprint density at radius 2 is 1.34 bits per heavy atom. The first-order valence-electron chi connectivity index (χ1n) is 14.6. The van der Waals surface area contributed by atoms with E-state index in [1.54, 1.807) is 0 Å². The number of carbonyl (C=O) groups excluding carboxylic acids is 3. The summed E-state index contributed by atoms with van der Waals surface area (Å²) in [4.78, 5) is 54.9. The monoisotopic (exact) mass is 607 g/mol. The highest BCUT2D eigenvalue weighted by Gasteiger charge is 2.28. The number of allylic oxidation sites excluding steroid dienone is 2. The summed E-state index contributed by atoms with van der Waals surface area (Å²) in [6.07, 6.45) is 18.4. The standard InChI is InChI=1S/C28H50NO11P/c1-2-3-4-5-6-7-8-9-10-11-12-13-14-15-16-18-26(31)37-21-24(40-27(32)19-17-20-30)22-38-41(35,36)39-23-25(29)28(33)34/h9-10,20,24-25H,2-8,11-19,21-23,29H2,1H3,(H,33,34)(H,35,36)/b10-9-/t24-,25+/m1/s1. The zero-order valence-corrected chi connectivity index (χ0v) is 25.3. The Hall–Kier alpha value is -2.11. The van der Waals surface area contributed by atoms with Crippen molar-refractivity contribution in [3.05, 3.63) is 12.2 Å². The molecule has 0 bridgehead atoms. The number of hydrogen-bond acceptors (Lipinski definition) is 10. The fourth-order valence-electron chi connectivity index (χ4n) is 3.60. The highest BCUT2D eigenvalue weighted by molar-refractivity contribution is 7.47. The van der Waals surface area contributed by atoms with Gasteiger partial charge in [0, 0.05) is 12.8 Å². The van der Waals surface area contributed by atoms with Crippen molar-refractivity contribution in [2.24, 2.45) is 5.73 Å². The van der Waals surface area contributed by atoms with Gasteiger partial charge in [0.15, 0.2) is 6.10 Å². The third-order valence-corrected chi connectivity index (χ3v) is 6.95. The summed E-state index contributed by atoms with van der Waals surface area (Å²) in [5, 5.41) is 8.72. The number of unbranched alkanes of at least 4 members (excludes halogenated alkanes) is 11. The second-order valence-electron chi connectivity index (χ2n) is 9.84. The Morgan fingerprint density at radius 1 is 0.780 bits per heavy atom. The minimum absolute atomic E-state index is 0.0869. The maximum Gasteiger partial charge on any atom is 0.472 e. The third kappa shape index (κ3) is 25.3. The summed E-state index contributed by atoms with van der Waals surface area (Å²) < 4.78 is 31.5. The Balaban J connectivity index is 4.22. The Bertz CT molecular complexity index is 806. The van der Waals surface area contributed by atoms with Crippen LogP contribution in [0.25, 0.3) is 0 Å². The van der Waals surface area contributed by atoms with Gasteiger partial charge < -0.3 is 30.0 Å². The van der Waals surface area contributed by atoms with Crippen molar-refractivity contribution in [2.45, 2.75) is 122 Å². The topological polar surface area (TPSA) is 189 Å². The van der Waals surface area contributed by atoms with E-state index in [-0.39, 0.29) is 19.3 Å². The van der Waals surface area contributed by atoms with Crippen molar-refractivity contribution in [3.8, 4) is 0 Å². The van der Waals surface area contributed by atoms with E-state index in [1.807, 2.05) is 0 Å². The van der Waals surface area contributed by atoms with Crippen molar-refractivity contribution in [1.82, 2.24) is 0 Å². The van der Waals surface area contributed by atoms with Crippen LogP contribution in [0.15, 0.2) is 12.2 Å². The molecule has 41 heavy (non-hydrogen) atoms. The summed E-state index contributed by atoms with van der Waals surface area (Å²) in [6.45, 7) is 0.315. The van der Waals surface area contributed by atoms with Crippen LogP contribution in [0.4, 0.5) is 0 Å². The minimum Gasteiger partial charge on any atom is -0.480 e. The molecule has 4 N–H and O–H groups in total. The zero-order chi connectivity index (χ0) is 30.8. The molecule has 0 aromatic rings. The van der Waals surface area contributed by atoms with Crippen LogP contribution in [0.1, 0.15) is 110 Å². The molecule has 13 heteroatoms. The number of esters is 2. The van der Waals surface area contributed by atoms with Gasteiger partial charge in [0.2, 0.25) is 0 Å². The lowest BCUT2D eigenvalue weighted by Crippen LogP contribution is -2.34. The Morgan fingerprint density at radius 3 is 1.93 bits per heavy atom. The lowest BCUT2D eigenvalue weighted by molar-refractivity contribution is -0.161. The molecule has 0 fully saturated rings. The van der Waals surface area contributed by atoms with E-state index in [2.05, 4.69) is 23.6 Å². The number of carboxylic acid groups (broad SMARTS) is 1. The van der Waals surface area contributed by atoms with Crippen molar-refractivity contribution in [3.63, 3.8) is 0 Å². The van der Waals surface area contributed by atoms with Gasteiger partial charge in [-0.2, -0.15) is 0 Å². The maximum absolute atomic E-state index is 12.1. The second-order valence-corrected chi connectivity index (χ2v) is 11.3. The van der Waals surface area contributed by atoms with Crippen molar-refractivity contribution in [1.29, 1.82) is 0 Å². The van der Waals surface area contributed by atoms with Crippen LogP contribution in [-0.4, -0.2) is 66.2 Å². The van der Waals surface area contributed by atoms with Gasteiger partial charge >= 0.3 is 25.7 Å². The van der Waals surface area contributed by atoms with E-state index >= 15 is 0 Å². The summed E-state index contributed by atoms with van der Waals surface area (Å²) in [6, 6.07) is -1.55. The predicted molar refractivity (Wildman–Crippen MR) is 153 cm³/mol. The number of aldehydes is 1. The largest absolute Gasteiger partial charge is 0.480 e. The average molecular weight is 608 g/mol. The molecule has 3 atom stereocenters. The number of ether oxygens (including phenoxy) is 2. The quantitative estimate of drug-likeness (QED) is 0.0355. The molecule has 0 heterocycles. The normalized spacial score (nSPS) is 14.3. The number of carbonyl (C=O) groups is 4. The molecule has 1 unspecified atom stereocenters. The molecule has 0 aliphatic rings. The van der Waals surface area contributed by atoms with Crippen LogP contribution >= 0.6 is 7.82 Å². The lowest BCUT2D eigenvalue weighted by atomic mass is 10.1. The summed E-state index contributed by atoms with van der Waals surface area (Å²) in [5.41, 5.74) is 5.22. The van der Waals surface area contributed by atoms with Gasteiger partial charge in [-0.15, -0.1) is 0 Å². The molecule has 0 saturated carbocycles. The highest BCUT2D eigenvalue weighted by atomic mass is 31.2. The van der Waals surface area contributed by atoms with Gasteiger partial charge in [-0.05, 0) is 32.1 Å². The molecule has 238 valence electrons. The molecule has 0 aromatic carbocycles. The first-order chi connectivity index (χ1) is 19.6. The smallest absolute Gasteiger partial charge is 0.472 e. The molecule has 0 aromatic heterocycles. The van der Waals surface area contributed by atoms with Gasteiger partial charge in [0.1, 0.15) is 18.9 Å². The molecular formula is C28H50NO11P. The highest BCUT2D eigenvalue weighted by Crippen LogP contribution is 2.43. The van der Waals surface area contributed by atoms with Crippen LogP contribution in [0.3, 0.4) is 0 Å². The van der Waals surface area contributed by atoms with Crippen LogP contribution in [0.5, 0.6) is 0 Å². The molecule has 0 rings (SSSR count). The molecule has 0 amide bonds. The number of carboxylic acids is 1. The number of rotatable bonds is 28. The second kappa shape index (κ2) is 25.6. The van der Waals surface area contributed by atoms with Gasteiger partial charge in [0.25, 0.3) is 0 Å². The summed E-state index contributed by atoms with van der Waals surface area (Å²) in [7, 11) is -4.73. The van der Waals surface area contributed by atoms with Crippen molar-refractivity contribution in [2.75, 3.05) is 19.8 Å². The van der Waals surface area contributed by atoms with Crippen LogP contribution < -0.4 is 5.73 Å². The fraction of sp³-hybridized carbons (Fsp3) is 0.786. The van der Waals surface area contributed by atoms with Crippen LogP contribution in [0.2, 0.25) is 0 Å². The Labute approximate surface area is 243 Å². The molecule has 0 aliphatic heterocycles. The van der Waals surface area contributed by atoms with E-state index in [4.69, 9.17) is 24.8 Å². The van der Waals surface area contributed by atoms with Crippen molar-refractivity contribution >= 4 is 32.0 Å². The van der Waals surface area contributed by atoms with E-state index in [0.29, 0.717) is 12.7 Å². The Kier molecular flexibility index (Phi) is 24.3. The first-order valence-corrected chi connectivity index (χ1v) is 16.1. The molecule has 12 nitrogen and oxygen atoms in total. The summed E-state index contributed by atoms with van der Waals surface area (Å²) in [5.74, 6) is -2.75. The lowest BCUT2D eigenvalue weighted by Gasteiger charge is -2.20. The molecule has 0 radical (unpaired) electrons. The van der Waals surface area contributed by atoms with Crippen LogP contribution in [-0.2, 0) is 42.3 Å². The van der Waals surface area contributed by atoms with E-state index in [9.17, 15) is 28.6 Å². The molecule has 0 spiro atoms. The molecule has 0 saturated heterocycles.